The van der Waals surface area contributed by atoms with Crippen LogP contribution in [0, 0.1) is 5.92 Å². The van der Waals surface area contributed by atoms with Crippen molar-refractivity contribution < 1.29 is 14.6 Å². The van der Waals surface area contributed by atoms with Gasteiger partial charge in [-0.15, -0.1) is 0 Å². The highest BCUT2D eigenvalue weighted by Gasteiger charge is 2.20. The van der Waals surface area contributed by atoms with E-state index < -0.39 is 5.97 Å². The van der Waals surface area contributed by atoms with Gasteiger partial charge in [0.1, 0.15) is 0 Å². The fourth-order valence-corrected chi connectivity index (χ4v) is 1.67. The Hall–Kier alpha value is -1.75. The number of nitrogens with two attached hydrogens (primary N) is 1. The lowest BCUT2D eigenvalue weighted by Gasteiger charge is -2.09. The largest absolute Gasteiger partial charge is 0.478 e. The smallest absolute Gasteiger partial charge is 0.337 e. The molecule has 4 N–H and O–H groups in total. The summed E-state index contributed by atoms with van der Waals surface area (Å²) in [6.45, 7) is 2.19. The molecule has 0 radical (unpaired) electrons. The molecule has 1 aliphatic rings. The molecule has 98 valence electrons. The quantitative estimate of drug-likeness (QED) is 0.507. The number of nitrogens with one attached hydrogen (secondary N) is 1. The van der Waals surface area contributed by atoms with E-state index in [0.717, 1.165) is 18.2 Å². The predicted molar refractivity (Wildman–Crippen MR) is 69.8 cm³/mol. The summed E-state index contributed by atoms with van der Waals surface area (Å²) in [6.07, 6.45) is 2.58. The van der Waals surface area contributed by atoms with Gasteiger partial charge in [-0.05, 0) is 37.0 Å². The second-order valence-electron chi connectivity index (χ2n) is 4.55. The number of hydrogen-bond donors (Lipinski definition) is 3. The van der Waals surface area contributed by atoms with Gasteiger partial charge in [0.2, 0.25) is 0 Å². The van der Waals surface area contributed by atoms with Crippen molar-refractivity contribution in [3.63, 3.8) is 0 Å². The normalized spacial score (nSPS) is 14.4. The zero-order valence-corrected chi connectivity index (χ0v) is 10.2. The molecule has 0 atom stereocenters. The number of nitrogen functional groups attached to an aromatic ring is 1. The maximum Gasteiger partial charge on any atom is 0.337 e. The SMILES string of the molecule is Nc1cc(NCCOCC2CC2)ccc1C(=O)O. The highest BCUT2D eigenvalue weighted by molar-refractivity contribution is 5.94. The number of aromatic carboxylic acids is 1. The number of carbonyl (C=O) groups is 1. The maximum atomic E-state index is 10.8. The highest BCUT2D eigenvalue weighted by atomic mass is 16.5. The number of hydrogen-bond acceptors (Lipinski definition) is 4. The summed E-state index contributed by atoms with van der Waals surface area (Å²) in [5.74, 6) is -0.234. The Morgan fingerprint density at radius 1 is 1.50 bits per heavy atom. The summed E-state index contributed by atoms with van der Waals surface area (Å²) in [4.78, 5) is 10.8. The predicted octanol–water partition coefficient (Wildman–Crippen LogP) is 1.81. The lowest BCUT2D eigenvalue weighted by molar-refractivity contribution is 0.0698. The van der Waals surface area contributed by atoms with Crippen LogP contribution in [0.1, 0.15) is 23.2 Å². The second-order valence-corrected chi connectivity index (χ2v) is 4.55. The Morgan fingerprint density at radius 2 is 2.28 bits per heavy atom. The Bertz CT molecular complexity index is 430. The van der Waals surface area contributed by atoms with Crippen molar-refractivity contribution in [3.05, 3.63) is 23.8 Å². The van der Waals surface area contributed by atoms with Gasteiger partial charge in [-0.25, -0.2) is 4.79 Å². The van der Waals surface area contributed by atoms with Gasteiger partial charge in [-0.3, -0.25) is 0 Å². The van der Waals surface area contributed by atoms with Crippen LogP contribution in [0.4, 0.5) is 11.4 Å². The molecule has 18 heavy (non-hydrogen) atoms. The topological polar surface area (TPSA) is 84.6 Å². The van der Waals surface area contributed by atoms with Crippen molar-refractivity contribution in [3.8, 4) is 0 Å². The Kier molecular flexibility index (Phi) is 4.04. The summed E-state index contributed by atoms with van der Waals surface area (Å²) in [6, 6.07) is 4.84. The van der Waals surface area contributed by atoms with Crippen molar-refractivity contribution in [2.45, 2.75) is 12.8 Å². The van der Waals surface area contributed by atoms with E-state index in [4.69, 9.17) is 15.6 Å². The van der Waals surface area contributed by atoms with E-state index in [1.165, 1.54) is 18.9 Å². The van der Waals surface area contributed by atoms with Gasteiger partial charge in [-0.1, -0.05) is 0 Å². The van der Waals surface area contributed by atoms with Crippen molar-refractivity contribution >= 4 is 17.3 Å². The van der Waals surface area contributed by atoms with Gasteiger partial charge in [-0.2, -0.15) is 0 Å². The molecule has 5 heteroatoms. The van der Waals surface area contributed by atoms with E-state index in [1.54, 1.807) is 12.1 Å². The first-order chi connectivity index (χ1) is 8.66. The molecule has 0 aromatic heterocycles. The molecule has 0 bridgehead atoms. The maximum absolute atomic E-state index is 10.8. The van der Waals surface area contributed by atoms with Crippen LogP contribution in [0.5, 0.6) is 0 Å². The number of benzene rings is 1. The van der Waals surface area contributed by atoms with Crippen LogP contribution in [0.2, 0.25) is 0 Å². The molecule has 0 heterocycles. The first-order valence-corrected chi connectivity index (χ1v) is 6.11. The van der Waals surface area contributed by atoms with E-state index >= 15 is 0 Å². The van der Waals surface area contributed by atoms with Gasteiger partial charge in [0.05, 0.1) is 12.2 Å². The van der Waals surface area contributed by atoms with E-state index in [0.29, 0.717) is 13.2 Å². The number of carboxylic acid groups (broad SMARTS) is 1. The first kappa shape index (κ1) is 12.7. The standard InChI is InChI=1S/C13H18N2O3/c14-12-7-10(3-4-11(12)13(16)17)15-5-6-18-8-9-1-2-9/h3-4,7,9,15H,1-2,5-6,8,14H2,(H,16,17). The lowest BCUT2D eigenvalue weighted by Crippen LogP contribution is -2.11. The summed E-state index contributed by atoms with van der Waals surface area (Å²) < 4.78 is 5.48. The molecule has 0 unspecified atom stereocenters. The molecule has 0 aliphatic heterocycles. The Labute approximate surface area is 106 Å². The molecular formula is C13H18N2O3. The fraction of sp³-hybridized carbons (Fsp3) is 0.462. The molecule has 0 spiro atoms. The molecule has 1 fully saturated rings. The second kappa shape index (κ2) is 5.73. The number of ether oxygens (including phenoxy) is 1. The van der Waals surface area contributed by atoms with E-state index in [2.05, 4.69) is 5.32 Å². The fourth-order valence-electron chi connectivity index (χ4n) is 1.67. The first-order valence-electron chi connectivity index (χ1n) is 6.11. The van der Waals surface area contributed by atoms with Crippen molar-refractivity contribution in [2.24, 2.45) is 5.92 Å². The lowest BCUT2D eigenvalue weighted by atomic mass is 10.1. The minimum atomic E-state index is -1.01. The Balaban J connectivity index is 1.74. The van der Waals surface area contributed by atoms with Crippen LogP contribution in [0.3, 0.4) is 0 Å². The minimum Gasteiger partial charge on any atom is -0.478 e. The number of carboxylic acids is 1. The molecule has 2 rings (SSSR count). The van der Waals surface area contributed by atoms with Gasteiger partial charge in [0.15, 0.2) is 0 Å². The highest BCUT2D eigenvalue weighted by Crippen LogP contribution is 2.28. The van der Waals surface area contributed by atoms with E-state index in [-0.39, 0.29) is 11.3 Å². The van der Waals surface area contributed by atoms with E-state index in [9.17, 15) is 4.79 Å². The van der Waals surface area contributed by atoms with Crippen LogP contribution < -0.4 is 11.1 Å². The van der Waals surface area contributed by atoms with Gasteiger partial charge < -0.3 is 20.9 Å². The van der Waals surface area contributed by atoms with Crippen LogP contribution in [-0.4, -0.2) is 30.8 Å². The zero-order valence-electron chi connectivity index (χ0n) is 10.2. The average Bonchev–Trinajstić information content (AvgIpc) is 3.12. The molecule has 0 amide bonds. The third-order valence-corrected chi connectivity index (χ3v) is 2.91. The molecular weight excluding hydrogens is 232 g/mol. The van der Waals surface area contributed by atoms with E-state index in [1.807, 2.05) is 0 Å². The molecule has 1 saturated carbocycles. The summed E-state index contributed by atoms with van der Waals surface area (Å²) in [5, 5.41) is 12.0. The van der Waals surface area contributed by atoms with Crippen LogP contribution in [0.25, 0.3) is 0 Å². The molecule has 0 saturated heterocycles. The molecule has 1 aliphatic carbocycles. The molecule has 1 aromatic carbocycles. The molecule has 5 nitrogen and oxygen atoms in total. The van der Waals surface area contributed by atoms with Gasteiger partial charge >= 0.3 is 5.97 Å². The van der Waals surface area contributed by atoms with Gasteiger partial charge in [0, 0.05) is 24.5 Å². The van der Waals surface area contributed by atoms with Crippen LogP contribution in [-0.2, 0) is 4.74 Å². The van der Waals surface area contributed by atoms with Crippen molar-refractivity contribution in [1.82, 2.24) is 0 Å². The third kappa shape index (κ3) is 3.63. The van der Waals surface area contributed by atoms with Crippen molar-refractivity contribution in [2.75, 3.05) is 30.8 Å². The minimum absolute atomic E-state index is 0.130. The van der Waals surface area contributed by atoms with Gasteiger partial charge in [0.25, 0.3) is 0 Å². The summed E-state index contributed by atoms with van der Waals surface area (Å²) in [5.41, 5.74) is 6.86. The zero-order chi connectivity index (χ0) is 13.0. The monoisotopic (exact) mass is 250 g/mol. The number of anilines is 2. The molecule has 1 aromatic rings. The average molecular weight is 250 g/mol. The number of rotatable bonds is 7. The third-order valence-electron chi connectivity index (χ3n) is 2.91. The van der Waals surface area contributed by atoms with Crippen molar-refractivity contribution in [1.29, 1.82) is 0 Å². The van der Waals surface area contributed by atoms with Crippen LogP contribution in [0.15, 0.2) is 18.2 Å². The Morgan fingerprint density at radius 3 is 2.89 bits per heavy atom. The summed E-state index contributed by atoms with van der Waals surface area (Å²) >= 11 is 0. The summed E-state index contributed by atoms with van der Waals surface area (Å²) in [7, 11) is 0. The van der Waals surface area contributed by atoms with Crippen LogP contribution >= 0.6 is 0 Å².